The monoisotopic (exact) mass is 247 g/mol. The van der Waals surface area contributed by atoms with Crippen LogP contribution in [0.2, 0.25) is 0 Å². The van der Waals surface area contributed by atoms with Crippen LogP contribution in [0.1, 0.15) is 37.4 Å². The predicted octanol–water partition coefficient (Wildman–Crippen LogP) is 1.65. The van der Waals surface area contributed by atoms with E-state index in [0.29, 0.717) is 18.8 Å². The lowest BCUT2D eigenvalue weighted by atomic mass is 9.97. The molecule has 1 saturated heterocycles. The number of carboxylic acid groups (broad SMARTS) is 1. The maximum atomic E-state index is 10.9. The van der Waals surface area contributed by atoms with Crippen LogP contribution in [0.4, 0.5) is 5.82 Å². The van der Waals surface area contributed by atoms with Crippen LogP contribution < -0.4 is 4.90 Å². The molecule has 96 valence electrons. The van der Waals surface area contributed by atoms with Crippen molar-refractivity contribution in [2.24, 2.45) is 5.92 Å². The second-order valence-electron chi connectivity index (χ2n) is 5.15. The number of carboxylic acids is 1. The van der Waals surface area contributed by atoms with Crippen molar-refractivity contribution in [3.63, 3.8) is 0 Å². The molecule has 2 aliphatic rings. The molecule has 1 saturated carbocycles. The highest BCUT2D eigenvalue weighted by Crippen LogP contribution is 2.38. The Hall–Kier alpha value is -1.65. The molecule has 0 spiro atoms. The Kier molecular flexibility index (Phi) is 2.89. The first kappa shape index (κ1) is 11.4. The molecule has 2 fully saturated rings. The van der Waals surface area contributed by atoms with E-state index in [9.17, 15) is 4.79 Å². The summed E-state index contributed by atoms with van der Waals surface area (Å²) in [5.74, 6) is 1.60. The summed E-state index contributed by atoms with van der Waals surface area (Å²) < 4.78 is 0. The van der Waals surface area contributed by atoms with E-state index in [2.05, 4.69) is 14.9 Å². The summed E-state index contributed by atoms with van der Waals surface area (Å²) in [7, 11) is 0. The molecule has 3 rings (SSSR count). The fourth-order valence-electron chi connectivity index (χ4n) is 2.43. The van der Waals surface area contributed by atoms with Crippen LogP contribution >= 0.6 is 0 Å². The third-order valence-electron chi connectivity index (χ3n) is 3.77. The number of anilines is 1. The van der Waals surface area contributed by atoms with E-state index in [-0.39, 0.29) is 5.92 Å². The Bertz CT molecular complexity index is 451. The predicted molar refractivity (Wildman–Crippen MR) is 66.6 cm³/mol. The molecule has 1 aliphatic heterocycles. The molecular formula is C13H17N3O2. The lowest BCUT2D eigenvalue weighted by Crippen LogP contribution is -2.36. The lowest BCUT2D eigenvalue weighted by molar-refractivity contribution is -0.142. The number of hydrogen-bond donors (Lipinski definition) is 1. The average molecular weight is 247 g/mol. The molecule has 1 N–H and O–H groups in total. The fourth-order valence-corrected chi connectivity index (χ4v) is 2.43. The molecule has 1 aromatic rings. The largest absolute Gasteiger partial charge is 0.481 e. The van der Waals surface area contributed by atoms with Gasteiger partial charge in [0.15, 0.2) is 0 Å². The van der Waals surface area contributed by atoms with Crippen LogP contribution in [0.15, 0.2) is 12.3 Å². The zero-order valence-corrected chi connectivity index (χ0v) is 10.2. The van der Waals surface area contributed by atoms with Crippen LogP contribution in [-0.4, -0.2) is 34.1 Å². The van der Waals surface area contributed by atoms with E-state index in [1.807, 2.05) is 12.3 Å². The van der Waals surface area contributed by atoms with Gasteiger partial charge in [-0.2, -0.15) is 0 Å². The minimum atomic E-state index is -0.670. The molecule has 18 heavy (non-hydrogen) atoms. The van der Waals surface area contributed by atoms with Gasteiger partial charge in [0.05, 0.1) is 5.92 Å². The maximum absolute atomic E-state index is 10.9. The first-order valence-electron chi connectivity index (χ1n) is 6.55. The molecule has 1 aliphatic carbocycles. The molecule has 1 aromatic heterocycles. The van der Waals surface area contributed by atoms with Crippen LogP contribution in [0, 0.1) is 5.92 Å². The Balaban J connectivity index is 1.68. The van der Waals surface area contributed by atoms with Crippen LogP contribution in [0.25, 0.3) is 0 Å². The Morgan fingerprint density at radius 3 is 2.61 bits per heavy atom. The SMILES string of the molecule is O=C(O)C1CCN(c2ccnc(C3CC3)n2)CC1. The summed E-state index contributed by atoms with van der Waals surface area (Å²) in [6.07, 6.45) is 5.63. The van der Waals surface area contributed by atoms with Crippen molar-refractivity contribution in [3.8, 4) is 0 Å². The van der Waals surface area contributed by atoms with Gasteiger partial charge in [0.2, 0.25) is 0 Å². The summed E-state index contributed by atoms with van der Waals surface area (Å²) in [6.45, 7) is 1.55. The van der Waals surface area contributed by atoms with Crippen molar-refractivity contribution in [2.75, 3.05) is 18.0 Å². The van der Waals surface area contributed by atoms with Gasteiger partial charge in [-0.15, -0.1) is 0 Å². The zero-order chi connectivity index (χ0) is 12.5. The second-order valence-corrected chi connectivity index (χ2v) is 5.15. The van der Waals surface area contributed by atoms with Crippen molar-refractivity contribution in [3.05, 3.63) is 18.1 Å². The third kappa shape index (κ3) is 2.30. The minimum Gasteiger partial charge on any atom is -0.481 e. The molecule has 2 heterocycles. The van der Waals surface area contributed by atoms with Gasteiger partial charge in [0.1, 0.15) is 11.6 Å². The fraction of sp³-hybridized carbons (Fsp3) is 0.615. The van der Waals surface area contributed by atoms with Crippen molar-refractivity contribution in [1.29, 1.82) is 0 Å². The van der Waals surface area contributed by atoms with Gasteiger partial charge in [-0.05, 0) is 31.7 Å². The normalized spacial score (nSPS) is 21.0. The van der Waals surface area contributed by atoms with Crippen LogP contribution in [0.3, 0.4) is 0 Å². The van der Waals surface area contributed by atoms with Crippen LogP contribution in [-0.2, 0) is 4.79 Å². The molecular weight excluding hydrogens is 230 g/mol. The number of aliphatic carboxylic acids is 1. The van der Waals surface area contributed by atoms with E-state index < -0.39 is 5.97 Å². The molecule has 0 aromatic carbocycles. The Labute approximate surface area is 106 Å². The lowest BCUT2D eigenvalue weighted by Gasteiger charge is -2.31. The molecule has 0 amide bonds. The smallest absolute Gasteiger partial charge is 0.306 e. The van der Waals surface area contributed by atoms with Gasteiger partial charge in [0, 0.05) is 25.2 Å². The summed E-state index contributed by atoms with van der Waals surface area (Å²) in [5, 5.41) is 8.98. The highest BCUT2D eigenvalue weighted by Gasteiger charge is 2.28. The van der Waals surface area contributed by atoms with Crippen molar-refractivity contribution in [2.45, 2.75) is 31.6 Å². The molecule has 0 unspecified atom stereocenters. The van der Waals surface area contributed by atoms with Crippen molar-refractivity contribution >= 4 is 11.8 Å². The average Bonchev–Trinajstić information content (AvgIpc) is 3.23. The zero-order valence-electron chi connectivity index (χ0n) is 10.2. The van der Waals surface area contributed by atoms with Gasteiger partial charge in [0.25, 0.3) is 0 Å². The van der Waals surface area contributed by atoms with E-state index in [1.165, 1.54) is 12.8 Å². The van der Waals surface area contributed by atoms with Gasteiger partial charge in [-0.3, -0.25) is 4.79 Å². The molecule has 5 heteroatoms. The summed E-state index contributed by atoms with van der Waals surface area (Å²) >= 11 is 0. The van der Waals surface area contributed by atoms with Crippen molar-refractivity contribution in [1.82, 2.24) is 9.97 Å². The van der Waals surface area contributed by atoms with Gasteiger partial charge in [-0.25, -0.2) is 9.97 Å². The third-order valence-corrected chi connectivity index (χ3v) is 3.77. The Morgan fingerprint density at radius 2 is 2.00 bits per heavy atom. The summed E-state index contributed by atoms with van der Waals surface area (Å²) in [6, 6.07) is 1.92. The van der Waals surface area contributed by atoms with Gasteiger partial charge in [-0.1, -0.05) is 0 Å². The standard InChI is InChI=1S/C13H17N3O2/c17-13(18)10-4-7-16(8-5-10)11-3-6-14-12(15-11)9-1-2-9/h3,6,9-10H,1-2,4-5,7-8H2,(H,17,18). The number of hydrogen-bond acceptors (Lipinski definition) is 4. The number of aromatic nitrogens is 2. The Morgan fingerprint density at radius 1 is 1.28 bits per heavy atom. The number of nitrogens with zero attached hydrogens (tertiary/aromatic N) is 3. The maximum Gasteiger partial charge on any atom is 0.306 e. The van der Waals surface area contributed by atoms with Crippen molar-refractivity contribution < 1.29 is 9.90 Å². The van der Waals surface area contributed by atoms with E-state index >= 15 is 0 Å². The quantitative estimate of drug-likeness (QED) is 0.879. The first-order chi connectivity index (χ1) is 8.74. The molecule has 0 bridgehead atoms. The highest BCUT2D eigenvalue weighted by molar-refractivity contribution is 5.70. The highest BCUT2D eigenvalue weighted by atomic mass is 16.4. The van der Waals surface area contributed by atoms with Crippen LogP contribution in [0.5, 0.6) is 0 Å². The molecule has 0 radical (unpaired) electrons. The summed E-state index contributed by atoms with van der Waals surface area (Å²) in [4.78, 5) is 22.0. The van der Waals surface area contributed by atoms with E-state index in [0.717, 1.165) is 24.7 Å². The topological polar surface area (TPSA) is 66.3 Å². The number of rotatable bonds is 3. The second kappa shape index (κ2) is 4.55. The van der Waals surface area contributed by atoms with Gasteiger partial charge >= 0.3 is 5.97 Å². The van der Waals surface area contributed by atoms with Gasteiger partial charge < -0.3 is 10.0 Å². The number of carbonyl (C=O) groups is 1. The number of piperidine rings is 1. The summed E-state index contributed by atoms with van der Waals surface area (Å²) in [5.41, 5.74) is 0. The molecule has 0 atom stereocenters. The first-order valence-corrected chi connectivity index (χ1v) is 6.55. The molecule has 5 nitrogen and oxygen atoms in total. The van der Waals surface area contributed by atoms with E-state index in [1.54, 1.807) is 0 Å². The minimum absolute atomic E-state index is 0.189. The van der Waals surface area contributed by atoms with E-state index in [4.69, 9.17) is 5.11 Å².